The van der Waals surface area contributed by atoms with Gasteiger partial charge in [-0.2, -0.15) is 9.78 Å². The lowest BCUT2D eigenvalue weighted by molar-refractivity contribution is -0.497. The molecule has 146 valence electrons. The van der Waals surface area contributed by atoms with E-state index in [1.54, 1.807) is 23.2 Å². The molecule has 28 heavy (non-hydrogen) atoms. The lowest BCUT2D eigenvalue weighted by Gasteiger charge is -2.36. The van der Waals surface area contributed by atoms with Crippen LogP contribution in [0.15, 0.2) is 41.3 Å². The molecule has 2 unspecified atom stereocenters. The second-order valence-electron chi connectivity index (χ2n) is 6.90. The molecule has 2 atom stereocenters. The number of carbonyl (C=O) groups excluding carboxylic acids is 1. The van der Waals surface area contributed by atoms with Crippen LogP contribution in [0.2, 0.25) is 5.02 Å². The molecule has 10 heteroatoms. The Morgan fingerprint density at radius 2 is 1.86 bits per heavy atom. The van der Waals surface area contributed by atoms with Gasteiger partial charge >= 0.3 is 0 Å². The highest BCUT2D eigenvalue weighted by atomic mass is 35.5. The van der Waals surface area contributed by atoms with Crippen LogP contribution in [0.1, 0.15) is 6.42 Å². The van der Waals surface area contributed by atoms with Gasteiger partial charge in [-0.1, -0.05) is 29.8 Å². The molecule has 1 aromatic carbocycles. The Bertz CT molecular complexity index is 972. The largest absolute Gasteiger partial charge is 0.365 e. The SMILES string of the molecule is O=C(C1CC1[N+](=O)[O-])N1CCN(c2cnn(-c3ccccc3)c(=O)c2Cl)CC1. The maximum absolute atomic E-state index is 12.6. The third-order valence-corrected chi connectivity index (χ3v) is 5.53. The highest BCUT2D eigenvalue weighted by Crippen LogP contribution is 2.35. The van der Waals surface area contributed by atoms with Crippen LogP contribution in [0, 0.1) is 16.0 Å². The van der Waals surface area contributed by atoms with Crippen LogP contribution < -0.4 is 10.5 Å². The Morgan fingerprint density at radius 3 is 2.46 bits per heavy atom. The summed E-state index contributed by atoms with van der Waals surface area (Å²) in [7, 11) is 0. The highest BCUT2D eigenvalue weighted by molar-refractivity contribution is 6.33. The zero-order valence-corrected chi connectivity index (χ0v) is 15.7. The molecule has 1 saturated carbocycles. The van der Waals surface area contributed by atoms with Crippen molar-refractivity contribution in [1.82, 2.24) is 14.7 Å². The summed E-state index contributed by atoms with van der Waals surface area (Å²) >= 11 is 6.32. The number of carbonyl (C=O) groups is 1. The summed E-state index contributed by atoms with van der Waals surface area (Å²) in [6.07, 6.45) is 1.87. The normalized spacial score (nSPS) is 21.5. The Hall–Kier alpha value is -2.94. The minimum Gasteiger partial charge on any atom is -0.365 e. The molecule has 1 aliphatic heterocycles. The molecule has 9 nitrogen and oxygen atoms in total. The molecule has 1 aromatic heterocycles. The van der Waals surface area contributed by atoms with E-state index < -0.39 is 17.5 Å². The van der Waals surface area contributed by atoms with Crippen LogP contribution in [0.4, 0.5) is 5.69 Å². The number of halogens is 1. The number of piperazine rings is 1. The molecule has 0 spiro atoms. The van der Waals surface area contributed by atoms with Crippen molar-refractivity contribution in [3.63, 3.8) is 0 Å². The molecule has 2 fully saturated rings. The summed E-state index contributed by atoms with van der Waals surface area (Å²) in [6.45, 7) is 1.82. The number of nitrogens with zero attached hydrogens (tertiary/aromatic N) is 5. The van der Waals surface area contributed by atoms with E-state index in [1.165, 1.54) is 4.68 Å². The fourth-order valence-corrected chi connectivity index (χ4v) is 3.73. The van der Waals surface area contributed by atoms with Crippen LogP contribution in [0.25, 0.3) is 5.69 Å². The molecule has 0 N–H and O–H groups in total. The van der Waals surface area contributed by atoms with Gasteiger partial charge in [-0.15, -0.1) is 0 Å². The van der Waals surface area contributed by atoms with E-state index in [1.807, 2.05) is 23.1 Å². The van der Waals surface area contributed by atoms with Gasteiger partial charge in [-0.05, 0) is 12.1 Å². The Kier molecular flexibility index (Phi) is 4.76. The minimum atomic E-state index is -0.741. The van der Waals surface area contributed by atoms with Crippen LogP contribution in [-0.2, 0) is 4.79 Å². The topological polar surface area (TPSA) is 102 Å². The van der Waals surface area contributed by atoms with Gasteiger partial charge in [0.1, 0.15) is 10.9 Å². The van der Waals surface area contributed by atoms with Gasteiger partial charge < -0.3 is 9.80 Å². The Balaban J connectivity index is 1.45. The van der Waals surface area contributed by atoms with Crippen molar-refractivity contribution < 1.29 is 9.72 Å². The smallest absolute Gasteiger partial charge is 0.292 e. The number of nitro groups is 1. The second kappa shape index (κ2) is 7.23. The van der Waals surface area contributed by atoms with Gasteiger partial charge in [0.2, 0.25) is 11.9 Å². The third-order valence-electron chi connectivity index (χ3n) is 5.18. The van der Waals surface area contributed by atoms with Gasteiger partial charge in [0.25, 0.3) is 5.56 Å². The molecular formula is C18H18ClN5O4. The number of benzene rings is 1. The maximum atomic E-state index is 12.6. The van der Waals surface area contributed by atoms with E-state index in [-0.39, 0.29) is 15.9 Å². The summed E-state index contributed by atoms with van der Waals surface area (Å²) in [6, 6.07) is 8.27. The van der Waals surface area contributed by atoms with Gasteiger partial charge in [-0.25, -0.2) is 0 Å². The summed E-state index contributed by atoms with van der Waals surface area (Å²) in [5.74, 6) is -0.660. The lowest BCUT2D eigenvalue weighted by Crippen LogP contribution is -2.50. The monoisotopic (exact) mass is 403 g/mol. The second-order valence-corrected chi connectivity index (χ2v) is 7.28. The van der Waals surface area contributed by atoms with E-state index in [9.17, 15) is 19.7 Å². The first kappa shape index (κ1) is 18.4. The predicted octanol–water partition coefficient (Wildman–Crippen LogP) is 1.20. The van der Waals surface area contributed by atoms with Crippen molar-refractivity contribution in [3.8, 4) is 5.69 Å². The maximum Gasteiger partial charge on any atom is 0.292 e. The van der Waals surface area contributed by atoms with Crippen molar-refractivity contribution in [1.29, 1.82) is 0 Å². The van der Waals surface area contributed by atoms with E-state index in [0.29, 0.717) is 44.0 Å². The molecule has 4 rings (SSSR count). The summed E-state index contributed by atoms with van der Waals surface area (Å²) in [5.41, 5.74) is 0.748. The summed E-state index contributed by atoms with van der Waals surface area (Å²) in [4.78, 5) is 38.9. The quantitative estimate of drug-likeness (QED) is 0.561. The van der Waals surface area contributed by atoms with Gasteiger partial charge in [-0.3, -0.25) is 19.7 Å². The Labute approximate surface area is 165 Å². The average molecular weight is 404 g/mol. The number of para-hydroxylation sites is 1. The molecule has 1 amide bonds. The van der Waals surface area contributed by atoms with Crippen LogP contribution >= 0.6 is 11.6 Å². The number of hydrogen-bond donors (Lipinski definition) is 0. The number of rotatable bonds is 4. The zero-order valence-electron chi connectivity index (χ0n) is 14.9. The van der Waals surface area contributed by atoms with Crippen LogP contribution in [0.3, 0.4) is 0 Å². The summed E-state index contributed by atoms with van der Waals surface area (Å²) in [5, 5.41) is 15.1. The molecule has 1 aliphatic carbocycles. The highest BCUT2D eigenvalue weighted by Gasteiger charge is 2.54. The van der Waals surface area contributed by atoms with Gasteiger partial charge in [0.05, 0.1) is 17.6 Å². The molecule has 0 radical (unpaired) electrons. The molecule has 2 heterocycles. The van der Waals surface area contributed by atoms with E-state index >= 15 is 0 Å². The minimum absolute atomic E-state index is 0.0780. The van der Waals surface area contributed by atoms with Crippen molar-refractivity contribution >= 4 is 23.2 Å². The molecule has 1 saturated heterocycles. The number of amides is 1. The number of hydrogen-bond acceptors (Lipinski definition) is 6. The van der Waals surface area contributed by atoms with Crippen molar-refractivity contribution in [3.05, 3.63) is 62.0 Å². The fraction of sp³-hybridized carbons (Fsp3) is 0.389. The standard InChI is InChI=1S/C18H18ClN5O4/c19-16-15(11-20-23(18(16)26)12-4-2-1-3-5-12)21-6-8-22(9-7-21)17(25)13-10-14(13)24(27)28/h1-5,11,13-14H,6-10H2. The molecular weight excluding hydrogens is 386 g/mol. The van der Waals surface area contributed by atoms with Crippen molar-refractivity contribution in [2.75, 3.05) is 31.1 Å². The first-order valence-corrected chi connectivity index (χ1v) is 9.35. The first-order chi connectivity index (χ1) is 13.5. The molecule has 2 aromatic rings. The van der Waals surface area contributed by atoms with Crippen molar-refractivity contribution in [2.24, 2.45) is 5.92 Å². The first-order valence-electron chi connectivity index (χ1n) is 8.98. The number of aromatic nitrogens is 2. The van der Waals surface area contributed by atoms with Crippen LogP contribution in [0.5, 0.6) is 0 Å². The van der Waals surface area contributed by atoms with E-state index in [4.69, 9.17) is 11.6 Å². The zero-order chi connectivity index (χ0) is 19.8. The molecule has 0 bridgehead atoms. The Morgan fingerprint density at radius 1 is 1.18 bits per heavy atom. The van der Waals surface area contributed by atoms with Crippen LogP contribution in [-0.4, -0.2) is 57.7 Å². The fourth-order valence-electron chi connectivity index (χ4n) is 3.48. The number of anilines is 1. The van der Waals surface area contributed by atoms with E-state index in [0.717, 1.165) is 0 Å². The average Bonchev–Trinajstić information content (AvgIpc) is 3.52. The van der Waals surface area contributed by atoms with Gasteiger partial charge in [0, 0.05) is 37.5 Å². The third kappa shape index (κ3) is 3.33. The lowest BCUT2D eigenvalue weighted by atomic mass is 10.2. The summed E-state index contributed by atoms with van der Waals surface area (Å²) < 4.78 is 1.25. The molecule has 2 aliphatic rings. The van der Waals surface area contributed by atoms with Gasteiger partial charge in [0.15, 0.2) is 0 Å². The predicted molar refractivity (Wildman–Crippen MR) is 103 cm³/mol. The van der Waals surface area contributed by atoms with Crippen molar-refractivity contribution in [2.45, 2.75) is 12.5 Å². The van der Waals surface area contributed by atoms with E-state index in [2.05, 4.69) is 5.10 Å².